The molecule has 2 amide bonds. The third-order valence-electron chi connectivity index (χ3n) is 3.72. The lowest BCUT2D eigenvalue weighted by Gasteiger charge is -2.23. The molecule has 1 aromatic carbocycles. The van der Waals surface area contributed by atoms with E-state index >= 15 is 0 Å². The maximum Gasteiger partial charge on any atom is 0.253 e. The van der Waals surface area contributed by atoms with E-state index in [2.05, 4.69) is 0 Å². The van der Waals surface area contributed by atoms with Gasteiger partial charge in [0, 0.05) is 49.2 Å². The van der Waals surface area contributed by atoms with Gasteiger partial charge in [-0.3, -0.25) is 9.59 Å². The van der Waals surface area contributed by atoms with Crippen molar-refractivity contribution >= 4 is 35.8 Å². The Hall–Kier alpha value is -1.30. The van der Waals surface area contributed by atoms with Crippen LogP contribution in [0.5, 0.6) is 0 Å². The second kappa shape index (κ2) is 9.11. The van der Waals surface area contributed by atoms with E-state index in [0.717, 1.165) is 6.42 Å². The number of rotatable bonds is 3. The highest BCUT2D eigenvalue weighted by Gasteiger charge is 2.23. The lowest BCUT2D eigenvalue weighted by atomic mass is 10.2. The van der Waals surface area contributed by atoms with E-state index < -0.39 is 0 Å². The van der Waals surface area contributed by atoms with Crippen LogP contribution in [0.25, 0.3) is 0 Å². The van der Waals surface area contributed by atoms with Gasteiger partial charge in [-0.15, -0.1) is 12.4 Å². The van der Waals surface area contributed by atoms with E-state index in [-0.39, 0.29) is 30.3 Å². The summed E-state index contributed by atoms with van der Waals surface area (Å²) in [5.41, 5.74) is 6.30. The zero-order chi connectivity index (χ0) is 16.1. The Morgan fingerprint density at radius 1 is 1.13 bits per heavy atom. The molecule has 2 rings (SSSR count). The van der Waals surface area contributed by atoms with Crippen LogP contribution in [0.3, 0.4) is 0 Å². The number of nitrogens with two attached hydrogens (primary N) is 1. The number of amides is 2. The minimum atomic E-state index is -0.137. The predicted octanol–water partition coefficient (Wildman–Crippen LogP) is 2.17. The average molecular weight is 360 g/mol. The van der Waals surface area contributed by atoms with Gasteiger partial charge in [-0.25, -0.2) is 0 Å². The molecular formula is C16H23Cl2N3O2. The molecule has 1 atom stereocenters. The van der Waals surface area contributed by atoms with Crippen LogP contribution in [0, 0.1) is 0 Å². The van der Waals surface area contributed by atoms with Gasteiger partial charge in [0.15, 0.2) is 0 Å². The fourth-order valence-electron chi connectivity index (χ4n) is 2.55. The molecule has 1 heterocycles. The first kappa shape index (κ1) is 19.7. The Morgan fingerprint density at radius 2 is 1.70 bits per heavy atom. The standard InChI is InChI=1S/C16H22ClN3O2.ClH/c1-12(18)11-15(21)19-7-2-8-20(10-9-19)16(22)13-3-5-14(17)6-4-13;/h3-6,12H,2,7-11,18H2,1H3;1H. The van der Waals surface area contributed by atoms with Crippen LogP contribution in [0.4, 0.5) is 0 Å². The first-order chi connectivity index (χ1) is 10.5. The molecule has 0 radical (unpaired) electrons. The summed E-state index contributed by atoms with van der Waals surface area (Å²) in [7, 11) is 0. The SMILES string of the molecule is CC(N)CC(=O)N1CCCN(C(=O)c2ccc(Cl)cc2)CC1.Cl. The molecular weight excluding hydrogens is 337 g/mol. The predicted molar refractivity (Wildman–Crippen MR) is 94.1 cm³/mol. The van der Waals surface area contributed by atoms with Gasteiger partial charge in [-0.05, 0) is 37.6 Å². The fourth-order valence-corrected chi connectivity index (χ4v) is 2.68. The molecule has 5 nitrogen and oxygen atoms in total. The molecule has 0 bridgehead atoms. The topological polar surface area (TPSA) is 66.6 Å². The molecule has 0 spiro atoms. The van der Waals surface area contributed by atoms with Crippen LogP contribution in [-0.4, -0.2) is 53.8 Å². The molecule has 0 aromatic heterocycles. The molecule has 1 saturated heterocycles. The number of hydrogen-bond acceptors (Lipinski definition) is 3. The Balaban J connectivity index is 0.00000264. The maximum atomic E-state index is 12.5. The Labute approximate surface area is 148 Å². The van der Waals surface area contributed by atoms with Gasteiger partial charge in [0.1, 0.15) is 0 Å². The highest BCUT2D eigenvalue weighted by molar-refractivity contribution is 6.30. The van der Waals surface area contributed by atoms with Gasteiger partial charge >= 0.3 is 0 Å². The lowest BCUT2D eigenvalue weighted by molar-refractivity contribution is -0.131. The summed E-state index contributed by atoms with van der Waals surface area (Å²) in [6, 6.07) is 6.75. The van der Waals surface area contributed by atoms with Crippen molar-refractivity contribution < 1.29 is 9.59 Å². The first-order valence-electron chi connectivity index (χ1n) is 7.55. The average Bonchev–Trinajstić information content (AvgIpc) is 2.72. The molecule has 0 saturated carbocycles. The molecule has 1 aliphatic heterocycles. The minimum Gasteiger partial charge on any atom is -0.341 e. The summed E-state index contributed by atoms with van der Waals surface area (Å²) in [6.45, 7) is 4.27. The highest BCUT2D eigenvalue weighted by Crippen LogP contribution is 2.13. The molecule has 0 aliphatic carbocycles. The third-order valence-corrected chi connectivity index (χ3v) is 3.98. The van der Waals surface area contributed by atoms with E-state index in [1.165, 1.54) is 0 Å². The lowest BCUT2D eigenvalue weighted by Crippen LogP contribution is -2.39. The van der Waals surface area contributed by atoms with Gasteiger partial charge in [0.05, 0.1) is 0 Å². The summed E-state index contributed by atoms with van der Waals surface area (Å²) in [5.74, 6) is 0.0500. The zero-order valence-corrected chi connectivity index (χ0v) is 14.8. The normalized spacial score (nSPS) is 16.3. The van der Waals surface area contributed by atoms with E-state index in [1.54, 1.807) is 34.1 Å². The van der Waals surface area contributed by atoms with Crippen molar-refractivity contribution in [3.05, 3.63) is 34.9 Å². The van der Waals surface area contributed by atoms with Gasteiger partial charge < -0.3 is 15.5 Å². The zero-order valence-electron chi connectivity index (χ0n) is 13.2. The highest BCUT2D eigenvalue weighted by atomic mass is 35.5. The fraction of sp³-hybridized carbons (Fsp3) is 0.500. The monoisotopic (exact) mass is 359 g/mol. The summed E-state index contributed by atoms with van der Waals surface area (Å²) in [5, 5.41) is 0.611. The van der Waals surface area contributed by atoms with Crippen molar-refractivity contribution in [1.82, 2.24) is 9.80 Å². The van der Waals surface area contributed by atoms with E-state index in [4.69, 9.17) is 17.3 Å². The van der Waals surface area contributed by atoms with Crippen molar-refractivity contribution in [3.63, 3.8) is 0 Å². The number of carbonyl (C=O) groups is 2. The van der Waals surface area contributed by atoms with Crippen molar-refractivity contribution in [2.45, 2.75) is 25.8 Å². The van der Waals surface area contributed by atoms with Crippen LogP contribution in [0.2, 0.25) is 5.02 Å². The first-order valence-corrected chi connectivity index (χ1v) is 7.93. The Morgan fingerprint density at radius 3 is 2.30 bits per heavy atom. The van der Waals surface area contributed by atoms with Gasteiger partial charge in [-0.2, -0.15) is 0 Å². The molecule has 23 heavy (non-hydrogen) atoms. The van der Waals surface area contributed by atoms with Gasteiger partial charge in [-0.1, -0.05) is 11.6 Å². The molecule has 1 aliphatic rings. The number of nitrogens with zero attached hydrogens (tertiary/aromatic N) is 2. The molecule has 1 unspecified atom stereocenters. The van der Waals surface area contributed by atoms with Gasteiger partial charge in [0.25, 0.3) is 5.91 Å². The van der Waals surface area contributed by atoms with Crippen molar-refractivity contribution in [3.8, 4) is 0 Å². The van der Waals surface area contributed by atoms with Crippen LogP contribution >= 0.6 is 24.0 Å². The van der Waals surface area contributed by atoms with E-state index in [1.807, 2.05) is 6.92 Å². The minimum absolute atomic E-state index is 0. The quantitative estimate of drug-likeness (QED) is 0.899. The maximum absolute atomic E-state index is 12.5. The molecule has 1 fully saturated rings. The van der Waals surface area contributed by atoms with Gasteiger partial charge in [0.2, 0.25) is 5.91 Å². The molecule has 7 heteroatoms. The van der Waals surface area contributed by atoms with Crippen LogP contribution in [0.1, 0.15) is 30.1 Å². The van der Waals surface area contributed by atoms with E-state index in [9.17, 15) is 9.59 Å². The van der Waals surface area contributed by atoms with Crippen LogP contribution in [0.15, 0.2) is 24.3 Å². The Kier molecular flexibility index (Phi) is 7.82. The second-order valence-corrected chi connectivity index (χ2v) is 6.15. The van der Waals surface area contributed by atoms with Crippen LogP contribution in [-0.2, 0) is 4.79 Å². The second-order valence-electron chi connectivity index (χ2n) is 5.71. The smallest absolute Gasteiger partial charge is 0.253 e. The summed E-state index contributed by atoms with van der Waals surface area (Å²) in [4.78, 5) is 28.1. The number of hydrogen-bond donors (Lipinski definition) is 1. The molecule has 1 aromatic rings. The summed E-state index contributed by atoms with van der Waals surface area (Å²) >= 11 is 5.84. The third kappa shape index (κ3) is 5.68. The van der Waals surface area contributed by atoms with E-state index in [0.29, 0.717) is 43.2 Å². The van der Waals surface area contributed by atoms with Crippen molar-refractivity contribution in [2.75, 3.05) is 26.2 Å². The number of benzene rings is 1. The van der Waals surface area contributed by atoms with Crippen molar-refractivity contribution in [2.24, 2.45) is 5.73 Å². The molecule has 2 N–H and O–H groups in total. The largest absolute Gasteiger partial charge is 0.341 e. The molecule has 128 valence electrons. The number of carbonyl (C=O) groups excluding carboxylic acids is 2. The summed E-state index contributed by atoms with van der Waals surface area (Å²) in [6.07, 6.45) is 1.13. The van der Waals surface area contributed by atoms with Crippen LogP contribution < -0.4 is 5.73 Å². The number of halogens is 2. The Bertz CT molecular complexity index is 535. The van der Waals surface area contributed by atoms with Crippen molar-refractivity contribution in [1.29, 1.82) is 0 Å². The summed E-state index contributed by atoms with van der Waals surface area (Å²) < 4.78 is 0.